The zero-order chi connectivity index (χ0) is 15.8. The van der Waals surface area contributed by atoms with E-state index in [9.17, 15) is 0 Å². The Morgan fingerprint density at radius 3 is 3.50 bits per heavy atom. The molecule has 1 aromatic rings. The first kappa shape index (κ1) is 1.49. The predicted octanol–water partition coefficient (Wildman–Crippen LogP) is 1.00. The van der Waals surface area contributed by atoms with Crippen LogP contribution in [0.5, 0.6) is 0 Å². The Hall–Kier alpha value is -0.860. The van der Waals surface area contributed by atoms with Gasteiger partial charge < -0.3 is 4.57 Å². The molecule has 10 heavy (non-hydrogen) atoms. The summed E-state index contributed by atoms with van der Waals surface area (Å²) < 4.78 is 77.7. The lowest BCUT2D eigenvalue weighted by Gasteiger charge is -1.97. The molecule has 0 fully saturated rings. The van der Waals surface area contributed by atoms with Crippen molar-refractivity contribution in [2.75, 3.05) is 0 Å². The molecule has 3 nitrogen and oxygen atoms in total. The van der Waals surface area contributed by atoms with Crippen LogP contribution in [0.15, 0.2) is 6.33 Å². The fourth-order valence-corrected chi connectivity index (χ4v) is 0.609. The van der Waals surface area contributed by atoms with Gasteiger partial charge in [-0.15, -0.1) is 10.2 Å². The van der Waals surface area contributed by atoms with Gasteiger partial charge in [0.1, 0.15) is 12.2 Å². The molecule has 0 N–H and O–H groups in total. The SMILES string of the molecule is [2H]C1([2H])c2nncn2C([2H])([2H])C([2H])([2H])C([2H])([2H])C1([2H])[2H]. The molecule has 0 bridgehead atoms. The van der Waals surface area contributed by atoms with Crippen molar-refractivity contribution in [3.05, 3.63) is 12.2 Å². The maximum atomic E-state index is 7.78. The normalized spacial score (nSPS) is 58.0. The highest BCUT2D eigenvalue weighted by atomic mass is 15.3. The van der Waals surface area contributed by atoms with E-state index < -0.39 is 37.8 Å². The summed E-state index contributed by atoms with van der Waals surface area (Å²) in [6.45, 7) is -3.06. The van der Waals surface area contributed by atoms with Crippen LogP contribution in [0.4, 0.5) is 0 Å². The molecule has 0 unspecified atom stereocenters. The standard InChI is InChI=1S/C7H11N3/c1-2-4-7-9-8-6-10(7)5-3-1/h6H,1-5H2/i1D2,2D2,3D2,4D2,5D2. The van der Waals surface area contributed by atoms with Crippen molar-refractivity contribution in [3.63, 3.8) is 0 Å². The minimum Gasteiger partial charge on any atom is -0.318 e. The van der Waals surface area contributed by atoms with Gasteiger partial charge in [-0.1, -0.05) is 6.37 Å². The van der Waals surface area contributed by atoms with Crippen LogP contribution >= 0.6 is 0 Å². The largest absolute Gasteiger partial charge is 0.318 e. The molecule has 1 aliphatic heterocycles. The van der Waals surface area contributed by atoms with Crippen molar-refractivity contribution in [2.45, 2.75) is 32.0 Å². The third-order valence-electron chi connectivity index (χ3n) is 1.02. The van der Waals surface area contributed by atoms with E-state index in [4.69, 9.17) is 13.7 Å². The average molecular weight is 147 g/mol. The van der Waals surface area contributed by atoms with Gasteiger partial charge in [0.2, 0.25) is 0 Å². The summed E-state index contributed by atoms with van der Waals surface area (Å²) in [6.07, 6.45) is -12.5. The van der Waals surface area contributed by atoms with Gasteiger partial charge in [0, 0.05) is 26.6 Å². The summed E-state index contributed by atoms with van der Waals surface area (Å²) in [7, 11) is 0. The Labute approximate surface area is 74.1 Å². The summed E-state index contributed by atoms with van der Waals surface area (Å²) in [5.74, 6) is -0.794. The first-order chi connectivity index (χ1) is 8.73. The minimum absolute atomic E-state index is 0.412. The van der Waals surface area contributed by atoms with Gasteiger partial charge in [-0.2, -0.15) is 0 Å². The number of aromatic nitrogens is 3. The average Bonchev–Trinajstić information content (AvgIpc) is 2.76. The Balaban J connectivity index is 2.92. The summed E-state index contributed by atoms with van der Waals surface area (Å²) >= 11 is 0. The van der Waals surface area contributed by atoms with Crippen molar-refractivity contribution in [2.24, 2.45) is 0 Å². The van der Waals surface area contributed by atoms with Gasteiger partial charge in [0.05, 0.1) is 0 Å². The van der Waals surface area contributed by atoms with Crippen molar-refractivity contribution >= 4 is 0 Å². The molecule has 2 rings (SSSR count). The third kappa shape index (κ3) is 0.916. The van der Waals surface area contributed by atoms with E-state index in [0.717, 1.165) is 6.33 Å². The highest BCUT2D eigenvalue weighted by Crippen LogP contribution is 2.10. The van der Waals surface area contributed by atoms with Gasteiger partial charge in [-0.05, 0) is 12.7 Å². The monoisotopic (exact) mass is 147 g/mol. The van der Waals surface area contributed by atoms with Crippen molar-refractivity contribution < 1.29 is 13.7 Å². The number of fused-ring (bicyclic) bond motifs is 1. The van der Waals surface area contributed by atoms with E-state index in [1.54, 1.807) is 0 Å². The molecule has 1 aromatic heterocycles. The predicted molar refractivity (Wildman–Crippen MR) is 37.6 cm³/mol. The van der Waals surface area contributed by atoms with Crippen LogP contribution in [0.3, 0.4) is 0 Å². The van der Waals surface area contributed by atoms with Crippen LogP contribution in [0, 0.1) is 0 Å². The van der Waals surface area contributed by atoms with Crippen molar-refractivity contribution in [1.82, 2.24) is 14.8 Å². The summed E-state index contributed by atoms with van der Waals surface area (Å²) in [5.41, 5.74) is 0. The zero-order valence-corrected chi connectivity index (χ0v) is 4.92. The van der Waals surface area contributed by atoms with Crippen LogP contribution in [0.1, 0.15) is 38.7 Å². The number of hydrogen-bond acceptors (Lipinski definition) is 2. The van der Waals surface area contributed by atoms with E-state index in [0.29, 0.717) is 4.57 Å². The lowest BCUT2D eigenvalue weighted by molar-refractivity contribution is 0.632. The molecular weight excluding hydrogens is 126 g/mol. The second-order valence-corrected chi connectivity index (χ2v) is 1.64. The lowest BCUT2D eigenvalue weighted by Crippen LogP contribution is -1.98. The van der Waals surface area contributed by atoms with E-state index in [1.165, 1.54) is 0 Å². The van der Waals surface area contributed by atoms with Crippen molar-refractivity contribution in [1.29, 1.82) is 0 Å². The van der Waals surface area contributed by atoms with Crippen LogP contribution in [-0.4, -0.2) is 14.8 Å². The fraction of sp³-hybridized carbons (Fsp3) is 0.714. The van der Waals surface area contributed by atoms with Gasteiger partial charge in [-0.3, -0.25) is 0 Å². The first-order valence-corrected chi connectivity index (χ1v) is 2.64. The van der Waals surface area contributed by atoms with E-state index in [1.807, 2.05) is 0 Å². The Morgan fingerprint density at radius 2 is 2.50 bits per heavy atom. The molecule has 54 valence electrons. The second kappa shape index (κ2) is 2.40. The topological polar surface area (TPSA) is 30.7 Å². The molecule has 1 aliphatic rings. The van der Waals surface area contributed by atoms with Crippen LogP contribution in [0.25, 0.3) is 0 Å². The number of hydrogen-bond donors (Lipinski definition) is 0. The lowest BCUT2D eigenvalue weighted by atomic mass is 10.2. The summed E-state index contributed by atoms with van der Waals surface area (Å²) in [5, 5.41) is 6.61. The molecule has 0 atom stereocenters. The number of aryl methyl sites for hydroxylation is 2. The maximum absolute atomic E-state index is 7.78. The van der Waals surface area contributed by atoms with E-state index in [2.05, 4.69) is 10.2 Å². The molecular formula is C7H11N3. The molecule has 0 amide bonds. The third-order valence-corrected chi connectivity index (χ3v) is 1.02. The first-order valence-electron chi connectivity index (χ1n) is 7.64. The molecule has 0 saturated heterocycles. The molecule has 3 heteroatoms. The highest BCUT2D eigenvalue weighted by Gasteiger charge is 2.06. The Bertz CT molecular complexity index is 502. The van der Waals surface area contributed by atoms with Gasteiger partial charge in [0.15, 0.2) is 0 Å². The molecule has 0 radical (unpaired) electrons. The molecule has 0 saturated carbocycles. The molecule has 0 aromatic carbocycles. The van der Waals surface area contributed by atoms with E-state index >= 15 is 0 Å². The number of nitrogens with zero attached hydrogens (tertiary/aromatic N) is 3. The van der Waals surface area contributed by atoms with Crippen molar-refractivity contribution in [3.8, 4) is 0 Å². The Morgan fingerprint density at radius 1 is 1.50 bits per heavy atom. The van der Waals surface area contributed by atoms with Gasteiger partial charge >= 0.3 is 0 Å². The van der Waals surface area contributed by atoms with Crippen LogP contribution < -0.4 is 0 Å². The summed E-state index contributed by atoms with van der Waals surface area (Å²) in [6, 6.07) is 0. The fourth-order valence-electron chi connectivity index (χ4n) is 0.609. The van der Waals surface area contributed by atoms with Gasteiger partial charge in [0.25, 0.3) is 0 Å². The second-order valence-electron chi connectivity index (χ2n) is 1.64. The highest BCUT2D eigenvalue weighted by molar-refractivity contribution is 4.87. The quantitative estimate of drug-likeness (QED) is 0.548. The minimum atomic E-state index is -3.45. The molecule has 0 spiro atoms. The maximum Gasteiger partial charge on any atom is 0.132 e. The number of rotatable bonds is 0. The van der Waals surface area contributed by atoms with Crippen LogP contribution in [0.2, 0.25) is 0 Å². The smallest absolute Gasteiger partial charge is 0.132 e. The van der Waals surface area contributed by atoms with E-state index in [-0.39, 0.29) is 0 Å². The summed E-state index contributed by atoms with van der Waals surface area (Å²) in [4.78, 5) is 0. The molecule has 2 heterocycles. The zero-order valence-electron chi connectivity index (χ0n) is 14.9. The Kier molecular flexibility index (Phi) is 0.359. The molecule has 0 aliphatic carbocycles. The van der Waals surface area contributed by atoms with Crippen LogP contribution in [-0.2, 0) is 12.9 Å². The van der Waals surface area contributed by atoms with Gasteiger partial charge in [-0.25, -0.2) is 0 Å².